The van der Waals surface area contributed by atoms with E-state index in [0.717, 1.165) is 38.6 Å². The van der Waals surface area contributed by atoms with Gasteiger partial charge in [0.25, 0.3) is 0 Å². The predicted molar refractivity (Wildman–Crippen MR) is 147 cm³/mol. The van der Waals surface area contributed by atoms with E-state index >= 15 is 0 Å². The molecule has 0 radical (unpaired) electrons. The molecule has 0 bridgehead atoms. The Labute approximate surface area is 207 Å². The molecular formula is C30H59NO2. The molecule has 0 rings (SSSR count). The summed E-state index contributed by atoms with van der Waals surface area (Å²) < 4.78 is 0. The van der Waals surface area contributed by atoms with Crippen molar-refractivity contribution in [3.05, 3.63) is 23.9 Å². The number of allylic oxidation sites excluding steroid dienone is 2. The summed E-state index contributed by atoms with van der Waals surface area (Å²) in [6, 6.07) is 0. The zero-order chi connectivity index (χ0) is 24.4. The lowest BCUT2D eigenvalue weighted by Crippen LogP contribution is -2.14. The van der Waals surface area contributed by atoms with Crippen LogP contribution in [-0.2, 0) is 0 Å². The molecule has 2 N–H and O–H groups in total. The van der Waals surface area contributed by atoms with Gasteiger partial charge in [0.15, 0.2) is 0 Å². The lowest BCUT2D eigenvalue weighted by atomic mass is 10.1. The van der Waals surface area contributed by atoms with Crippen LogP contribution in [0.5, 0.6) is 0 Å². The van der Waals surface area contributed by atoms with Crippen LogP contribution in [0.1, 0.15) is 162 Å². The van der Waals surface area contributed by atoms with Crippen LogP contribution in [0.25, 0.3) is 0 Å². The first-order valence-electron chi connectivity index (χ1n) is 14.7. The molecule has 3 heteroatoms. The second-order valence-electron chi connectivity index (χ2n) is 9.99. The van der Waals surface area contributed by atoms with Crippen molar-refractivity contribution in [2.75, 3.05) is 6.54 Å². The normalized spacial score (nSPS) is 12.5. The summed E-state index contributed by atoms with van der Waals surface area (Å²) >= 11 is 0. The van der Waals surface area contributed by atoms with Gasteiger partial charge >= 0.3 is 0 Å². The minimum absolute atomic E-state index is 0.445. The van der Waals surface area contributed by atoms with Crippen molar-refractivity contribution in [3.63, 3.8) is 0 Å². The largest absolute Gasteiger partial charge is 0.511 e. The van der Waals surface area contributed by atoms with Crippen LogP contribution in [0.15, 0.2) is 23.9 Å². The van der Waals surface area contributed by atoms with Gasteiger partial charge in [-0.1, -0.05) is 130 Å². The summed E-state index contributed by atoms with van der Waals surface area (Å²) in [6.07, 6.45) is 30.6. The van der Waals surface area contributed by atoms with E-state index in [9.17, 15) is 10.2 Å². The molecule has 0 atom stereocenters. The number of hydrogen-bond acceptors (Lipinski definition) is 3. The SMILES string of the molecule is CCCCCCCCCCCCCCN(C=C(O)CCCCCC)C=C(O)CCCCCC. The van der Waals surface area contributed by atoms with E-state index in [1.54, 1.807) is 0 Å². The number of nitrogens with zero attached hydrogens (tertiary/aromatic N) is 1. The van der Waals surface area contributed by atoms with Crippen LogP contribution in [0, 0.1) is 0 Å². The molecular weight excluding hydrogens is 406 g/mol. The van der Waals surface area contributed by atoms with Crippen LogP contribution < -0.4 is 0 Å². The van der Waals surface area contributed by atoms with Crippen molar-refractivity contribution in [3.8, 4) is 0 Å². The Hall–Kier alpha value is -1.12. The highest BCUT2D eigenvalue weighted by Crippen LogP contribution is 2.15. The summed E-state index contributed by atoms with van der Waals surface area (Å²) in [5.41, 5.74) is 0. The Morgan fingerprint density at radius 2 is 0.758 bits per heavy atom. The minimum Gasteiger partial charge on any atom is -0.511 e. The number of aliphatic hydroxyl groups is 2. The van der Waals surface area contributed by atoms with Crippen molar-refractivity contribution in [2.45, 2.75) is 162 Å². The van der Waals surface area contributed by atoms with Gasteiger partial charge in [-0.2, -0.15) is 0 Å². The molecule has 3 nitrogen and oxygen atoms in total. The Bertz CT molecular complexity index is 430. The fourth-order valence-electron chi connectivity index (χ4n) is 4.28. The Morgan fingerprint density at radius 1 is 0.455 bits per heavy atom. The molecule has 0 saturated heterocycles. The first-order chi connectivity index (χ1) is 16.1. The van der Waals surface area contributed by atoms with Gasteiger partial charge in [-0.3, -0.25) is 0 Å². The molecule has 0 unspecified atom stereocenters. The fraction of sp³-hybridized carbons (Fsp3) is 0.867. The molecule has 0 heterocycles. The third-order valence-corrected chi connectivity index (χ3v) is 6.47. The highest BCUT2D eigenvalue weighted by Gasteiger charge is 2.04. The number of hydrogen-bond donors (Lipinski definition) is 2. The van der Waals surface area contributed by atoms with Gasteiger partial charge in [0.2, 0.25) is 0 Å². The van der Waals surface area contributed by atoms with E-state index in [1.807, 2.05) is 17.3 Å². The van der Waals surface area contributed by atoms with Gasteiger partial charge in [-0.05, 0) is 19.3 Å². The van der Waals surface area contributed by atoms with Gasteiger partial charge in [0, 0.05) is 31.8 Å². The molecule has 33 heavy (non-hydrogen) atoms. The smallest absolute Gasteiger partial charge is 0.108 e. The Morgan fingerprint density at radius 3 is 1.12 bits per heavy atom. The van der Waals surface area contributed by atoms with Crippen molar-refractivity contribution >= 4 is 0 Å². The fourth-order valence-corrected chi connectivity index (χ4v) is 4.28. The first kappa shape index (κ1) is 31.9. The average molecular weight is 466 g/mol. The highest BCUT2D eigenvalue weighted by molar-refractivity contribution is 4.99. The molecule has 0 aromatic heterocycles. The topological polar surface area (TPSA) is 43.7 Å². The van der Waals surface area contributed by atoms with Crippen molar-refractivity contribution in [1.29, 1.82) is 0 Å². The monoisotopic (exact) mass is 465 g/mol. The molecule has 0 fully saturated rings. The average Bonchev–Trinajstić information content (AvgIpc) is 2.80. The van der Waals surface area contributed by atoms with E-state index in [1.165, 1.54) is 109 Å². The lowest BCUT2D eigenvalue weighted by molar-refractivity contribution is 0.334. The molecule has 0 spiro atoms. The standard InChI is InChI=1S/C30H59NO2/c1-4-7-10-13-14-15-16-17-18-19-20-23-26-31(27-29(32)24-21-11-8-5-2)28-30(33)25-22-12-9-6-3/h27-28,32-33H,4-26H2,1-3H3. The number of unbranched alkanes of at least 4 members (excludes halogenated alkanes) is 17. The second-order valence-corrected chi connectivity index (χ2v) is 9.99. The molecule has 0 aromatic rings. The number of rotatable bonds is 25. The molecule has 196 valence electrons. The maximum atomic E-state index is 10.4. The maximum absolute atomic E-state index is 10.4. The van der Waals surface area contributed by atoms with Crippen molar-refractivity contribution < 1.29 is 10.2 Å². The third kappa shape index (κ3) is 23.8. The molecule has 0 aliphatic rings. The minimum atomic E-state index is 0.445. The second kappa shape index (κ2) is 25.5. The van der Waals surface area contributed by atoms with Gasteiger partial charge in [-0.25, -0.2) is 0 Å². The van der Waals surface area contributed by atoms with Gasteiger partial charge < -0.3 is 15.1 Å². The van der Waals surface area contributed by atoms with Crippen molar-refractivity contribution in [1.82, 2.24) is 4.90 Å². The Kier molecular flexibility index (Phi) is 24.6. The van der Waals surface area contributed by atoms with Crippen molar-refractivity contribution in [2.24, 2.45) is 0 Å². The summed E-state index contributed by atoms with van der Waals surface area (Å²) in [6.45, 7) is 7.57. The summed E-state index contributed by atoms with van der Waals surface area (Å²) in [5, 5.41) is 20.8. The van der Waals surface area contributed by atoms with Gasteiger partial charge in [0.05, 0.1) is 0 Å². The summed E-state index contributed by atoms with van der Waals surface area (Å²) in [7, 11) is 0. The first-order valence-corrected chi connectivity index (χ1v) is 14.7. The summed E-state index contributed by atoms with van der Waals surface area (Å²) in [5.74, 6) is 0.889. The maximum Gasteiger partial charge on any atom is 0.108 e. The van der Waals surface area contributed by atoms with Crippen LogP contribution in [0.3, 0.4) is 0 Å². The Balaban J connectivity index is 4.23. The van der Waals surface area contributed by atoms with E-state index in [0.29, 0.717) is 11.5 Å². The third-order valence-electron chi connectivity index (χ3n) is 6.47. The molecule has 0 amide bonds. The van der Waals surface area contributed by atoms with Crippen LogP contribution in [-0.4, -0.2) is 21.7 Å². The molecule has 0 aromatic carbocycles. The van der Waals surface area contributed by atoms with Crippen LogP contribution >= 0.6 is 0 Å². The van der Waals surface area contributed by atoms with Crippen LogP contribution in [0.4, 0.5) is 0 Å². The van der Waals surface area contributed by atoms with Crippen LogP contribution in [0.2, 0.25) is 0 Å². The zero-order valence-electron chi connectivity index (χ0n) is 22.8. The highest BCUT2D eigenvalue weighted by atomic mass is 16.3. The van der Waals surface area contributed by atoms with Gasteiger partial charge in [-0.15, -0.1) is 0 Å². The van der Waals surface area contributed by atoms with Gasteiger partial charge in [0.1, 0.15) is 11.5 Å². The summed E-state index contributed by atoms with van der Waals surface area (Å²) in [4.78, 5) is 2.03. The molecule has 0 aliphatic carbocycles. The zero-order valence-corrected chi connectivity index (χ0v) is 22.8. The lowest BCUT2D eigenvalue weighted by Gasteiger charge is -2.17. The predicted octanol–water partition coefficient (Wildman–Crippen LogP) is 10.7. The molecule has 0 aliphatic heterocycles. The molecule has 0 saturated carbocycles. The quantitative estimate of drug-likeness (QED) is 0.104. The van der Waals surface area contributed by atoms with E-state index in [2.05, 4.69) is 20.8 Å². The van der Waals surface area contributed by atoms with E-state index in [4.69, 9.17) is 0 Å². The number of aliphatic hydroxyl groups excluding tert-OH is 2. The van der Waals surface area contributed by atoms with E-state index < -0.39 is 0 Å². The van der Waals surface area contributed by atoms with E-state index in [-0.39, 0.29) is 0 Å².